The number of carbonyl (C=O) groups is 1. The van der Waals surface area contributed by atoms with Gasteiger partial charge in [-0.25, -0.2) is 0 Å². The first kappa shape index (κ1) is 17.5. The molecule has 0 fully saturated rings. The average Bonchev–Trinajstić information content (AvgIpc) is 2.66. The lowest BCUT2D eigenvalue weighted by molar-refractivity contribution is -0.121. The molecule has 6 heteroatoms. The smallest absolute Gasteiger partial charge is 0.253 e. The number of aromatic amines is 1. The number of aromatic nitrogens is 1. The number of ether oxygens (including phenoxy) is 2. The minimum Gasteiger partial charge on any atom is -0.497 e. The Bertz CT molecular complexity index is 951. The molecular weight excluding hydrogens is 332 g/mol. The summed E-state index contributed by atoms with van der Waals surface area (Å²) in [7, 11) is 1.57. The van der Waals surface area contributed by atoms with Crippen molar-refractivity contribution in [2.24, 2.45) is 0 Å². The van der Waals surface area contributed by atoms with Crippen LogP contribution in [0.25, 0.3) is 10.9 Å². The highest BCUT2D eigenvalue weighted by Crippen LogP contribution is 2.18. The number of para-hydroxylation sites is 1. The number of nitrogens with one attached hydrogen (secondary N) is 2. The molecule has 0 aliphatic carbocycles. The molecule has 0 saturated carbocycles. The number of hydrogen-bond donors (Lipinski definition) is 2. The number of methoxy groups -OCH3 is 1. The molecule has 134 valence electrons. The van der Waals surface area contributed by atoms with Crippen LogP contribution in [0.5, 0.6) is 11.5 Å². The van der Waals surface area contributed by atoms with Crippen molar-refractivity contribution < 1.29 is 14.3 Å². The van der Waals surface area contributed by atoms with Crippen LogP contribution in [0.1, 0.15) is 12.0 Å². The molecule has 0 bridgehead atoms. The lowest BCUT2D eigenvalue weighted by Crippen LogP contribution is -2.27. The fraction of sp³-hybridized carbons (Fsp3) is 0.200. The molecule has 1 heterocycles. The number of carbonyl (C=O) groups excluding carboxylic acids is 1. The Morgan fingerprint density at radius 3 is 2.65 bits per heavy atom. The van der Waals surface area contributed by atoms with Gasteiger partial charge in [-0.2, -0.15) is 0 Å². The van der Waals surface area contributed by atoms with Crippen LogP contribution in [-0.4, -0.2) is 24.6 Å². The fourth-order valence-electron chi connectivity index (χ4n) is 2.54. The average molecular weight is 352 g/mol. The standard InChI is InChI=1S/C20H20N2O4/c1-25-17-8-7-14-11-15(20(24)22-18(14)12-17)13-21-19(23)9-10-26-16-5-3-2-4-6-16/h2-8,11-12H,9-10,13H2,1H3,(H,21,23)(H,22,24). The minimum absolute atomic E-state index is 0.168. The van der Waals surface area contributed by atoms with Crippen molar-refractivity contribution >= 4 is 16.8 Å². The molecule has 3 rings (SSSR count). The van der Waals surface area contributed by atoms with Crippen molar-refractivity contribution in [1.29, 1.82) is 0 Å². The molecule has 0 aliphatic rings. The highest BCUT2D eigenvalue weighted by molar-refractivity contribution is 5.80. The number of pyridine rings is 1. The lowest BCUT2D eigenvalue weighted by atomic mass is 10.1. The van der Waals surface area contributed by atoms with E-state index in [1.54, 1.807) is 19.2 Å². The molecule has 1 amide bonds. The summed E-state index contributed by atoms with van der Waals surface area (Å²) in [5.74, 6) is 1.23. The van der Waals surface area contributed by atoms with Gasteiger partial charge in [0, 0.05) is 18.2 Å². The number of benzene rings is 2. The number of hydrogen-bond acceptors (Lipinski definition) is 4. The second-order valence-corrected chi connectivity index (χ2v) is 5.77. The Labute approximate surface area is 150 Å². The Hall–Kier alpha value is -3.28. The van der Waals surface area contributed by atoms with Gasteiger partial charge in [0.2, 0.25) is 5.91 Å². The van der Waals surface area contributed by atoms with E-state index in [1.807, 2.05) is 42.5 Å². The van der Waals surface area contributed by atoms with Crippen LogP contribution in [0.4, 0.5) is 0 Å². The minimum atomic E-state index is -0.230. The van der Waals surface area contributed by atoms with Crippen LogP contribution in [0.15, 0.2) is 59.4 Å². The van der Waals surface area contributed by atoms with E-state index < -0.39 is 0 Å². The number of rotatable bonds is 7. The van der Waals surface area contributed by atoms with Crippen molar-refractivity contribution in [3.8, 4) is 11.5 Å². The second kappa shape index (κ2) is 8.20. The summed E-state index contributed by atoms with van der Waals surface area (Å²) in [6.07, 6.45) is 0.220. The zero-order valence-electron chi connectivity index (χ0n) is 14.5. The Morgan fingerprint density at radius 1 is 1.08 bits per heavy atom. The first-order valence-corrected chi connectivity index (χ1v) is 8.30. The Balaban J connectivity index is 1.56. The van der Waals surface area contributed by atoms with E-state index in [-0.39, 0.29) is 31.0 Å². The van der Waals surface area contributed by atoms with E-state index >= 15 is 0 Å². The van der Waals surface area contributed by atoms with E-state index in [0.29, 0.717) is 16.8 Å². The second-order valence-electron chi connectivity index (χ2n) is 5.77. The highest BCUT2D eigenvalue weighted by Gasteiger charge is 2.07. The molecular formula is C20H20N2O4. The zero-order valence-corrected chi connectivity index (χ0v) is 14.5. The van der Waals surface area contributed by atoms with Gasteiger partial charge in [0.1, 0.15) is 11.5 Å². The molecule has 2 N–H and O–H groups in total. The van der Waals surface area contributed by atoms with Gasteiger partial charge >= 0.3 is 0 Å². The predicted molar refractivity (Wildman–Crippen MR) is 99.5 cm³/mol. The topological polar surface area (TPSA) is 80.4 Å². The van der Waals surface area contributed by atoms with E-state index in [0.717, 1.165) is 11.1 Å². The summed E-state index contributed by atoms with van der Waals surface area (Å²) in [4.78, 5) is 26.9. The normalized spacial score (nSPS) is 10.5. The Morgan fingerprint density at radius 2 is 1.88 bits per heavy atom. The molecule has 0 spiro atoms. The first-order chi connectivity index (χ1) is 12.7. The molecule has 1 aromatic heterocycles. The van der Waals surface area contributed by atoms with Crippen LogP contribution in [0.3, 0.4) is 0 Å². The van der Waals surface area contributed by atoms with Crippen LogP contribution >= 0.6 is 0 Å². The summed E-state index contributed by atoms with van der Waals surface area (Å²) < 4.78 is 10.6. The zero-order chi connectivity index (χ0) is 18.4. The van der Waals surface area contributed by atoms with Crippen molar-refractivity contribution in [3.05, 3.63) is 70.5 Å². The van der Waals surface area contributed by atoms with Gasteiger partial charge in [-0.1, -0.05) is 18.2 Å². The molecule has 0 aliphatic heterocycles. The highest BCUT2D eigenvalue weighted by atomic mass is 16.5. The third kappa shape index (κ3) is 4.42. The van der Waals surface area contributed by atoms with Crippen LogP contribution < -0.4 is 20.3 Å². The van der Waals surface area contributed by atoms with Gasteiger partial charge in [-0.3, -0.25) is 9.59 Å². The first-order valence-electron chi connectivity index (χ1n) is 8.30. The summed E-state index contributed by atoms with van der Waals surface area (Å²) in [6, 6.07) is 16.5. The van der Waals surface area contributed by atoms with Gasteiger partial charge < -0.3 is 19.8 Å². The van der Waals surface area contributed by atoms with E-state index in [4.69, 9.17) is 9.47 Å². The van der Waals surface area contributed by atoms with Gasteiger partial charge in [0.25, 0.3) is 5.56 Å². The summed E-state index contributed by atoms with van der Waals surface area (Å²) in [5, 5.41) is 3.63. The third-order valence-electron chi connectivity index (χ3n) is 3.95. The summed E-state index contributed by atoms with van der Waals surface area (Å²) >= 11 is 0. The third-order valence-corrected chi connectivity index (χ3v) is 3.95. The largest absolute Gasteiger partial charge is 0.497 e. The summed E-state index contributed by atoms with van der Waals surface area (Å²) in [5.41, 5.74) is 0.965. The maximum absolute atomic E-state index is 12.2. The monoisotopic (exact) mass is 352 g/mol. The molecule has 3 aromatic rings. The SMILES string of the molecule is COc1ccc2cc(CNC(=O)CCOc3ccccc3)c(=O)[nH]c2c1. The molecule has 6 nitrogen and oxygen atoms in total. The lowest BCUT2D eigenvalue weighted by Gasteiger charge is -2.08. The van der Waals surface area contributed by atoms with Gasteiger partial charge in [0.05, 0.1) is 25.7 Å². The molecule has 0 atom stereocenters. The van der Waals surface area contributed by atoms with Crippen molar-refractivity contribution in [2.75, 3.05) is 13.7 Å². The van der Waals surface area contributed by atoms with Gasteiger partial charge in [-0.15, -0.1) is 0 Å². The number of H-pyrrole nitrogens is 1. The van der Waals surface area contributed by atoms with E-state index in [9.17, 15) is 9.59 Å². The van der Waals surface area contributed by atoms with E-state index in [1.165, 1.54) is 0 Å². The molecule has 0 unspecified atom stereocenters. The number of amides is 1. The van der Waals surface area contributed by atoms with Gasteiger partial charge in [0.15, 0.2) is 0 Å². The maximum Gasteiger partial charge on any atom is 0.253 e. The number of fused-ring (bicyclic) bond motifs is 1. The maximum atomic E-state index is 12.2. The van der Waals surface area contributed by atoms with Gasteiger partial charge in [-0.05, 0) is 35.7 Å². The molecule has 0 saturated heterocycles. The molecule has 2 aromatic carbocycles. The van der Waals surface area contributed by atoms with Crippen LogP contribution in [0.2, 0.25) is 0 Å². The quantitative estimate of drug-likeness (QED) is 0.685. The predicted octanol–water partition coefficient (Wildman–Crippen LogP) is 2.62. The molecule has 26 heavy (non-hydrogen) atoms. The van der Waals surface area contributed by atoms with Crippen LogP contribution in [-0.2, 0) is 11.3 Å². The Kier molecular flexibility index (Phi) is 5.53. The summed E-state index contributed by atoms with van der Waals surface area (Å²) in [6.45, 7) is 0.450. The van der Waals surface area contributed by atoms with E-state index in [2.05, 4.69) is 10.3 Å². The fourth-order valence-corrected chi connectivity index (χ4v) is 2.54. The van der Waals surface area contributed by atoms with Crippen molar-refractivity contribution in [2.45, 2.75) is 13.0 Å². The van der Waals surface area contributed by atoms with Crippen molar-refractivity contribution in [1.82, 2.24) is 10.3 Å². The van der Waals surface area contributed by atoms with Crippen LogP contribution in [0, 0.1) is 0 Å². The van der Waals surface area contributed by atoms with Crippen molar-refractivity contribution in [3.63, 3.8) is 0 Å². The molecule has 0 radical (unpaired) electrons.